The summed E-state index contributed by atoms with van der Waals surface area (Å²) in [5, 5.41) is 20.3. The fraction of sp³-hybridized carbons (Fsp3) is 0.226. The second kappa shape index (κ2) is 12.0. The summed E-state index contributed by atoms with van der Waals surface area (Å²) < 4.78 is 12.2. The number of benzene rings is 3. The minimum atomic E-state index is -0.994. The smallest absolute Gasteiger partial charge is 0.335 e. The van der Waals surface area contributed by atoms with Crippen molar-refractivity contribution in [2.75, 3.05) is 6.61 Å². The molecule has 0 aliphatic carbocycles. The molecule has 7 nitrogen and oxygen atoms in total. The van der Waals surface area contributed by atoms with Gasteiger partial charge in [0.15, 0.2) is 0 Å². The summed E-state index contributed by atoms with van der Waals surface area (Å²) in [6.45, 7) is 0.605. The summed E-state index contributed by atoms with van der Waals surface area (Å²) in [5.41, 5.74) is 3.41. The van der Waals surface area contributed by atoms with Gasteiger partial charge in [-0.15, -0.1) is 0 Å². The van der Waals surface area contributed by atoms with E-state index in [1.807, 2.05) is 54.6 Å². The Kier molecular flexibility index (Phi) is 8.28. The minimum Gasteiger partial charge on any atom is -0.493 e. The molecule has 0 saturated heterocycles. The molecule has 1 aliphatic rings. The molecule has 0 fully saturated rings. The summed E-state index contributed by atoms with van der Waals surface area (Å²) in [6, 6.07) is 21.8. The Balaban J connectivity index is 1.40. The maximum absolute atomic E-state index is 11.5. The first kappa shape index (κ1) is 27.6. The lowest BCUT2D eigenvalue weighted by molar-refractivity contribution is -0.136. The molecule has 3 aromatic carbocycles. The van der Waals surface area contributed by atoms with Gasteiger partial charge in [0.1, 0.15) is 18.1 Å². The lowest BCUT2D eigenvalue weighted by Gasteiger charge is -2.34. The maximum atomic E-state index is 11.5. The van der Waals surface area contributed by atoms with Gasteiger partial charge in [0.05, 0.1) is 23.4 Å². The van der Waals surface area contributed by atoms with Gasteiger partial charge in [-0.3, -0.25) is 4.79 Å². The molecule has 0 saturated carbocycles. The molecule has 5 rings (SSSR count). The molecule has 2 N–H and O–H groups in total. The molecule has 0 bridgehead atoms. The summed E-state index contributed by atoms with van der Waals surface area (Å²) >= 11 is 11.9. The standard InChI is InChI=1S/C31H26ClNO6S/c32-22-6-4-19-5-7-23(33-26(19)14-22)17-38-24-8-9-27-25(15-24)30(28(40)10-11-29(34)35)21(16-39-27)13-18-2-1-3-20(12-18)31(36)37/h1-9,12,14-15,21,30H,10-11,13,16-17H2,(H,34,35)(H,36,37). The van der Waals surface area contributed by atoms with E-state index in [0.29, 0.717) is 34.4 Å². The van der Waals surface area contributed by atoms with Crippen molar-refractivity contribution in [1.29, 1.82) is 0 Å². The van der Waals surface area contributed by atoms with E-state index in [1.54, 1.807) is 18.2 Å². The number of nitrogens with zero attached hydrogens (tertiary/aromatic N) is 1. The van der Waals surface area contributed by atoms with Crippen molar-refractivity contribution in [3.8, 4) is 11.5 Å². The maximum Gasteiger partial charge on any atom is 0.335 e. The number of halogens is 1. The molecule has 1 aromatic heterocycles. The van der Waals surface area contributed by atoms with Gasteiger partial charge in [0.25, 0.3) is 0 Å². The zero-order chi connectivity index (χ0) is 28.2. The molecule has 0 spiro atoms. The Morgan fingerprint density at radius 1 is 1.02 bits per heavy atom. The number of carbonyl (C=O) groups is 2. The number of rotatable bonds is 10. The number of pyridine rings is 1. The summed E-state index contributed by atoms with van der Waals surface area (Å²) in [5.74, 6) is -1.01. The van der Waals surface area contributed by atoms with Crippen LogP contribution in [0.3, 0.4) is 0 Å². The number of hydrogen-bond donors (Lipinski definition) is 2. The van der Waals surface area contributed by atoms with Crippen LogP contribution in [-0.4, -0.2) is 38.6 Å². The first-order chi connectivity index (χ1) is 19.3. The highest BCUT2D eigenvalue weighted by Gasteiger charge is 2.34. The zero-order valence-electron chi connectivity index (χ0n) is 21.4. The number of thiocarbonyl (C=S) groups is 1. The van der Waals surface area contributed by atoms with Gasteiger partial charge < -0.3 is 19.7 Å². The summed E-state index contributed by atoms with van der Waals surface area (Å²) in [6.07, 6.45) is 0.697. The van der Waals surface area contributed by atoms with Crippen molar-refractivity contribution in [2.45, 2.75) is 31.8 Å². The SMILES string of the molecule is O=C(O)CCC(=S)C1c2cc(OCc3ccc4ccc(Cl)cc4n3)ccc2OCC1Cc1cccc(C(=O)O)c1. The molecule has 2 unspecified atom stereocenters. The van der Waals surface area contributed by atoms with Crippen molar-refractivity contribution in [3.05, 3.63) is 100 Å². The molecule has 0 radical (unpaired) electrons. The fourth-order valence-corrected chi connectivity index (χ4v) is 5.63. The number of hydrogen-bond acceptors (Lipinski definition) is 6. The van der Waals surface area contributed by atoms with E-state index in [2.05, 4.69) is 4.98 Å². The lowest BCUT2D eigenvalue weighted by atomic mass is 9.77. The first-order valence-corrected chi connectivity index (χ1v) is 13.6. The molecule has 204 valence electrons. The van der Waals surface area contributed by atoms with Crippen molar-refractivity contribution >= 4 is 51.5 Å². The van der Waals surface area contributed by atoms with Crippen LogP contribution in [0, 0.1) is 5.92 Å². The third-order valence-electron chi connectivity index (χ3n) is 6.94. The highest BCUT2D eigenvalue weighted by atomic mass is 35.5. The van der Waals surface area contributed by atoms with Crippen LogP contribution in [0.15, 0.2) is 72.8 Å². The summed E-state index contributed by atoms with van der Waals surface area (Å²) in [4.78, 5) is 28.1. The number of aromatic carboxylic acids is 1. The van der Waals surface area contributed by atoms with Crippen LogP contribution in [0.5, 0.6) is 11.5 Å². The largest absolute Gasteiger partial charge is 0.493 e. The normalized spacial score (nSPS) is 16.1. The highest BCUT2D eigenvalue weighted by molar-refractivity contribution is 7.80. The highest BCUT2D eigenvalue weighted by Crippen LogP contribution is 2.42. The predicted molar refractivity (Wildman–Crippen MR) is 156 cm³/mol. The molecule has 40 heavy (non-hydrogen) atoms. The lowest BCUT2D eigenvalue weighted by Crippen LogP contribution is -2.32. The Morgan fingerprint density at radius 2 is 1.85 bits per heavy atom. The van der Waals surface area contributed by atoms with E-state index in [4.69, 9.17) is 33.3 Å². The van der Waals surface area contributed by atoms with Gasteiger partial charge in [-0.2, -0.15) is 0 Å². The van der Waals surface area contributed by atoms with Crippen LogP contribution < -0.4 is 9.47 Å². The quantitative estimate of drug-likeness (QED) is 0.200. The van der Waals surface area contributed by atoms with E-state index < -0.39 is 11.9 Å². The molecular formula is C31H26ClNO6S. The minimum absolute atomic E-state index is 0.0689. The van der Waals surface area contributed by atoms with Gasteiger partial charge in [0, 0.05) is 39.1 Å². The number of aliphatic carboxylic acids is 1. The second-order valence-electron chi connectivity index (χ2n) is 9.75. The number of carboxylic acid groups (broad SMARTS) is 2. The van der Waals surface area contributed by atoms with Crippen molar-refractivity contribution < 1.29 is 29.3 Å². The second-order valence-corrected chi connectivity index (χ2v) is 10.7. The molecule has 1 aliphatic heterocycles. The van der Waals surface area contributed by atoms with Gasteiger partial charge in [-0.1, -0.05) is 48.1 Å². The predicted octanol–water partition coefficient (Wildman–Crippen LogP) is 6.74. The molecule has 9 heteroatoms. The number of aromatic nitrogens is 1. The van der Waals surface area contributed by atoms with E-state index in [0.717, 1.165) is 27.7 Å². The van der Waals surface area contributed by atoms with Gasteiger partial charge in [-0.25, -0.2) is 9.78 Å². The van der Waals surface area contributed by atoms with E-state index in [9.17, 15) is 19.8 Å². The van der Waals surface area contributed by atoms with Crippen LogP contribution in [0.2, 0.25) is 5.02 Å². The zero-order valence-corrected chi connectivity index (χ0v) is 23.0. The van der Waals surface area contributed by atoms with Crippen molar-refractivity contribution in [3.63, 3.8) is 0 Å². The van der Waals surface area contributed by atoms with Crippen LogP contribution in [0.1, 0.15) is 45.9 Å². The molecule has 4 aromatic rings. The van der Waals surface area contributed by atoms with Crippen molar-refractivity contribution in [2.24, 2.45) is 5.92 Å². The Morgan fingerprint density at radius 3 is 2.65 bits per heavy atom. The third kappa shape index (κ3) is 6.41. The van der Waals surface area contributed by atoms with Crippen LogP contribution in [0.25, 0.3) is 10.9 Å². The third-order valence-corrected chi connectivity index (χ3v) is 7.64. The number of carboxylic acids is 2. The van der Waals surface area contributed by atoms with Gasteiger partial charge in [0.2, 0.25) is 0 Å². The van der Waals surface area contributed by atoms with Gasteiger partial charge >= 0.3 is 11.9 Å². The first-order valence-electron chi connectivity index (χ1n) is 12.8. The topological polar surface area (TPSA) is 106 Å². The summed E-state index contributed by atoms with van der Waals surface area (Å²) in [7, 11) is 0. The fourth-order valence-electron chi connectivity index (χ4n) is 5.04. The van der Waals surface area contributed by atoms with Crippen molar-refractivity contribution in [1.82, 2.24) is 4.98 Å². The van der Waals surface area contributed by atoms with E-state index >= 15 is 0 Å². The monoisotopic (exact) mass is 575 g/mol. The number of ether oxygens (including phenoxy) is 2. The number of fused-ring (bicyclic) bond motifs is 2. The Hall–Kier alpha value is -4.01. The molecule has 2 heterocycles. The molecular weight excluding hydrogens is 550 g/mol. The van der Waals surface area contributed by atoms with E-state index in [-0.39, 0.29) is 36.8 Å². The van der Waals surface area contributed by atoms with Crippen LogP contribution in [-0.2, 0) is 17.8 Å². The van der Waals surface area contributed by atoms with E-state index in [1.165, 1.54) is 0 Å². The molecule has 0 amide bonds. The Bertz CT molecular complexity index is 1610. The van der Waals surface area contributed by atoms with Crippen LogP contribution in [0.4, 0.5) is 0 Å². The van der Waals surface area contributed by atoms with Crippen LogP contribution >= 0.6 is 23.8 Å². The van der Waals surface area contributed by atoms with Gasteiger partial charge in [-0.05, 0) is 66.9 Å². The molecule has 2 atom stereocenters. The average Bonchev–Trinajstić information content (AvgIpc) is 2.94. The Labute approximate surface area is 241 Å². The average molecular weight is 576 g/mol.